The van der Waals surface area contributed by atoms with E-state index in [2.05, 4.69) is 15.9 Å². The molecule has 56 valence electrons. The summed E-state index contributed by atoms with van der Waals surface area (Å²) in [4.78, 5) is 11.3. The molecule has 0 aromatic carbocycles. The summed E-state index contributed by atoms with van der Waals surface area (Å²) < 4.78 is 5.07. The summed E-state index contributed by atoms with van der Waals surface area (Å²) in [7, 11) is 0. The Morgan fingerprint density at radius 1 is 1.70 bits per heavy atom. The van der Waals surface area contributed by atoms with Gasteiger partial charge < -0.3 is 4.74 Å². The number of ether oxygens (including phenoxy) is 1. The average Bonchev–Trinajstić information content (AvgIpc) is 2.55. The summed E-state index contributed by atoms with van der Waals surface area (Å²) in [6.07, 6.45) is 1.56. The van der Waals surface area contributed by atoms with Gasteiger partial charge in [0.25, 0.3) is 0 Å². The van der Waals surface area contributed by atoms with E-state index >= 15 is 0 Å². The van der Waals surface area contributed by atoms with Gasteiger partial charge in [0, 0.05) is 12.3 Å². The first-order valence-corrected chi connectivity index (χ1v) is 4.33. The number of halogens is 1. The molecule has 0 aromatic heterocycles. The van der Waals surface area contributed by atoms with Gasteiger partial charge in [-0.2, -0.15) is 0 Å². The molecule has 2 nitrogen and oxygen atoms in total. The van der Waals surface area contributed by atoms with Crippen molar-refractivity contribution in [3.8, 4) is 0 Å². The number of Topliss-reactive ketones (excluding diaryl/α,β-unsaturated/α-hetero) is 1. The molecule has 0 amide bonds. The molecule has 1 aliphatic heterocycles. The lowest BCUT2D eigenvalue weighted by Crippen LogP contribution is -2.16. The molecule has 3 heteroatoms. The minimum Gasteiger partial charge on any atom is -0.381 e. The Morgan fingerprint density at radius 2 is 2.50 bits per heavy atom. The van der Waals surface area contributed by atoms with E-state index in [1.54, 1.807) is 0 Å². The normalized spacial score (nSPS) is 46.1. The van der Waals surface area contributed by atoms with Gasteiger partial charge in [0.2, 0.25) is 0 Å². The lowest BCUT2D eigenvalue weighted by Gasteiger charge is -2.00. The third kappa shape index (κ3) is 0.839. The fraction of sp³-hybridized carbons (Fsp3) is 0.857. The van der Waals surface area contributed by atoms with Crippen LogP contribution in [0.2, 0.25) is 0 Å². The first kappa shape index (κ1) is 6.80. The standard InChI is InChI=1S/C7H9BrO2/c8-7-3-5(7)4-10-2-1-6(7)9/h5H,1-4H2/t5-,7+/m1/s1. The largest absolute Gasteiger partial charge is 0.381 e. The van der Waals surface area contributed by atoms with E-state index in [1.807, 2.05) is 0 Å². The Bertz CT molecular complexity index is 180. The summed E-state index contributed by atoms with van der Waals surface area (Å²) in [6, 6.07) is 0. The number of alkyl halides is 1. The average molecular weight is 205 g/mol. The van der Waals surface area contributed by atoms with Crippen LogP contribution in [-0.4, -0.2) is 23.3 Å². The van der Waals surface area contributed by atoms with E-state index in [4.69, 9.17) is 4.74 Å². The van der Waals surface area contributed by atoms with Crippen LogP contribution in [0.1, 0.15) is 12.8 Å². The van der Waals surface area contributed by atoms with E-state index in [-0.39, 0.29) is 4.32 Å². The third-order valence-corrected chi connectivity index (χ3v) is 3.70. The zero-order valence-corrected chi connectivity index (χ0v) is 7.19. The summed E-state index contributed by atoms with van der Waals surface area (Å²) in [5, 5.41) is 0. The van der Waals surface area contributed by atoms with Crippen LogP contribution in [0.5, 0.6) is 0 Å². The Balaban J connectivity index is 2.15. The van der Waals surface area contributed by atoms with Gasteiger partial charge in [-0.05, 0) is 6.42 Å². The van der Waals surface area contributed by atoms with E-state index in [0.717, 1.165) is 13.0 Å². The second kappa shape index (κ2) is 2.05. The van der Waals surface area contributed by atoms with Gasteiger partial charge in [-0.15, -0.1) is 0 Å². The van der Waals surface area contributed by atoms with Crippen LogP contribution >= 0.6 is 15.9 Å². The highest BCUT2D eigenvalue weighted by Crippen LogP contribution is 2.53. The molecule has 1 heterocycles. The Morgan fingerprint density at radius 3 is 3.30 bits per heavy atom. The zero-order valence-electron chi connectivity index (χ0n) is 5.60. The number of hydrogen-bond donors (Lipinski definition) is 0. The topological polar surface area (TPSA) is 26.3 Å². The third-order valence-electron chi connectivity index (χ3n) is 2.29. The van der Waals surface area contributed by atoms with Crippen LogP contribution in [-0.2, 0) is 9.53 Å². The van der Waals surface area contributed by atoms with E-state index in [1.165, 1.54) is 0 Å². The zero-order chi connectivity index (χ0) is 7.19. The fourth-order valence-corrected chi connectivity index (χ4v) is 2.15. The molecular weight excluding hydrogens is 196 g/mol. The molecule has 2 fully saturated rings. The van der Waals surface area contributed by atoms with Crippen molar-refractivity contribution < 1.29 is 9.53 Å². The molecule has 0 aromatic rings. The van der Waals surface area contributed by atoms with Crippen molar-refractivity contribution in [1.82, 2.24) is 0 Å². The maximum absolute atomic E-state index is 11.3. The van der Waals surface area contributed by atoms with Gasteiger partial charge in [-0.1, -0.05) is 15.9 Å². The van der Waals surface area contributed by atoms with Gasteiger partial charge in [0.05, 0.1) is 17.5 Å². The molecular formula is C7H9BrO2. The molecule has 1 saturated carbocycles. The van der Waals surface area contributed by atoms with Gasteiger partial charge in [0.1, 0.15) is 0 Å². The van der Waals surface area contributed by atoms with Crippen molar-refractivity contribution in [2.75, 3.05) is 13.2 Å². The summed E-state index contributed by atoms with van der Waals surface area (Å²) >= 11 is 3.45. The van der Waals surface area contributed by atoms with Crippen molar-refractivity contribution in [3.63, 3.8) is 0 Å². The van der Waals surface area contributed by atoms with E-state index in [9.17, 15) is 4.79 Å². The summed E-state index contributed by atoms with van der Waals surface area (Å²) in [5.74, 6) is 0.789. The van der Waals surface area contributed by atoms with Crippen molar-refractivity contribution in [2.45, 2.75) is 17.2 Å². The highest BCUT2D eigenvalue weighted by Gasteiger charge is 2.58. The predicted molar refractivity (Wildman–Crippen MR) is 40.2 cm³/mol. The maximum Gasteiger partial charge on any atom is 0.152 e. The van der Waals surface area contributed by atoms with Crippen molar-refractivity contribution in [3.05, 3.63) is 0 Å². The number of rotatable bonds is 0. The monoisotopic (exact) mass is 204 g/mol. The van der Waals surface area contributed by atoms with Crippen LogP contribution < -0.4 is 0 Å². The minimum absolute atomic E-state index is 0.163. The van der Waals surface area contributed by atoms with Crippen LogP contribution in [0.15, 0.2) is 0 Å². The van der Waals surface area contributed by atoms with Gasteiger partial charge >= 0.3 is 0 Å². The fourth-order valence-electron chi connectivity index (χ4n) is 1.43. The van der Waals surface area contributed by atoms with Crippen molar-refractivity contribution in [2.24, 2.45) is 5.92 Å². The number of hydrogen-bond acceptors (Lipinski definition) is 2. The molecule has 0 radical (unpaired) electrons. The van der Waals surface area contributed by atoms with Crippen LogP contribution in [0.3, 0.4) is 0 Å². The van der Waals surface area contributed by atoms with Crippen LogP contribution in [0.4, 0.5) is 0 Å². The van der Waals surface area contributed by atoms with Crippen LogP contribution in [0.25, 0.3) is 0 Å². The molecule has 10 heavy (non-hydrogen) atoms. The highest BCUT2D eigenvalue weighted by atomic mass is 79.9. The highest BCUT2D eigenvalue weighted by molar-refractivity contribution is 9.10. The minimum atomic E-state index is -0.163. The number of carbonyl (C=O) groups excluding carboxylic acids is 1. The molecule has 0 spiro atoms. The Labute approximate surface area is 68.1 Å². The first-order chi connectivity index (χ1) is 4.73. The SMILES string of the molecule is O=C1CCOC[C@H]2C[C@@]12Br. The number of fused-ring (bicyclic) bond motifs is 1. The Hall–Kier alpha value is 0.110. The smallest absolute Gasteiger partial charge is 0.152 e. The quantitative estimate of drug-likeness (QED) is 0.554. The summed E-state index contributed by atoms with van der Waals surface area (Å²) in [5.41, 5.74) is 0. The molecule has 2 atom stereocenters. The maximum atomic E-state index is 11.3. The molecule has 2 rings (SSSR count). The van der Waals surface area contributed by atoms with Crippen molar-refractivity contribution >= 4 is 21.7 Å². The Kier molecular flexibility index (Phi) is 1.39. The second-order valence-corrected chi connectivity index (χ2v) is 4.43. The molecule has 0 bridgehead atoms. The van der Waals surface area contributed by atoms with Crippen LogP contribution in [0, 0.1) is 5.92 Å². The first-order valence-electron chi connectivity index (χ1n) is 3.53. The predicted octanol–water partition coefficient (Wildman–Crippen LogP) is 1.13. The molecule has 0 unspecified atom stereocenters. The lowest BCUT2D eigenvalue weighted by atomic mass is 10.2. The van der Waals surface area contributed by atoms with Gasteiger partial charge in [0.15, 0.2) is 5.78 Å². The van der Waals surface area contributed by atoms with Gasteiger partial charge in [-0.3, -0.25) is 4.79 Å². The van der Waals surface area contributed by atoms with E-state index < -0.39 is 0 Å². The lowest BCUT2D eigenvalue weighted by molar-refractivity contribution is -0.119. The second-order valence-electron chi connectivity index (χ2n) is 3.01. The molecule has 2 aliphatic rings. The molecule has 0 N–H and O–H groups in total. The van der Waals surface area contributed by atoms with Crippen molar-refractivity contribution in [1.29, 1.82) is 0 Å². The molecule has 1 aliphatic carbocycles. The van der Waals surface area contributed by atoms with Gasteiger partial charge in [-0.25, -0.2) is 0 Å². The number of carbonyl (C=O) groups is 1. The molecule has 1 saturated heterocycles. The van der Waals surface area contributed by atoms with E-state index in [0.29, 0.717) is 24.7 Å². The number of ketones is 1. The summed E-state index contributed by atoms with van der Waals surface area (Å²) in [6.45, 7) is 1.37.